The standard InChI is InChI=1S/C10H20O3.C7H7F/c1-6-9(11)13-8(2)7-10(3,4)12-5;1-6-2-4-7(8)5-3-6/h8H,6-7H2,1-5H3;2-5H,1H3. The predicted molar refractivity (Wildman–Crippen MR) is 82.7 cm³/mol. The number of aryl methyl sites for hydroxylation is 1. The minimum absolute atomic E-state index is 0.0811. The fourth-order valence-corrected chi connectivity index (χ4v) is 1.66. The van der Waals surface area contributed by atoms with E-state index in [0.717, 1.165) is 12.0 Å². The summed E-state index contributed by atoms with van der Waals surface area (Å²) in [5.41, 5.74) is 0.861. The first-order valence-corrected chi connectivity index (χ1v) is 7.17. The third-order valence-corrected chi connectivity index (χ3v) is 2.96. The summed E-state index contributed by atoms with van der Waals surface area (Å²) in [5.74, 6) is -0.324. The molecule has 1 unspecified atom stereocenters. The summed E-state index contributed by atoms with van der Waals surface area (Å²) in [6.07, 6.45) is 1.06. The average Bonchev–Trinajstić information content (AvgIpc) is 2.42. The summed E-state index contributed by atoms with van der Waals surface area (Å²) in [4.78, 5) is 10.9. The molecule has 0 aromatic heterocycles. The highest BCUT2D eigenvalue weighted by molar-refractivity contribution is 5.69. The molecule has 0 amide bonds. The number of carbonyl (C=O) groups excluding carboxylic acids is 1. The third kappa shape index (κ3) is 10.0. The van der Waals surface area contributed by atoms with Crippen molar-refractivity contribution in [3.8, 4) is 0 Å². The lowest BCUT2D eigenvalue weighted by Crippen LogP contribution is -2.29. The fraction of sp³-hybridized carbons (Fsp3) is 0.588. The van der Waals surface area contributed by atoms with Crippen LogP contribution in [-0.4, -0.2) is 24.8 Å². The van der Waals surface area contributed by atoms with Crippen molar-refractivity contribution in [2.24, 2.45) is 0 Å². The van der Waals surface area contributed by atoms with E-state index >= 15 is 0 Å². The molecule has 0 aliphatic rings. The van der Waals surface area contributed by atoms with Crippen LogP contribution in [0.3, 0.4) is 0 Å². The van der Waals surface area contributed by atoms with Gasteiger partial charge in [-0.05, 0) is 39.8 Å². The maximum absolute atomic E-state index is 12.1. The van der Waals surface area contributed by atoms with Gasteiger partial charge in [-0.15, -0.1) is 0 Å². The molecule has 0 aliphatic carbocycles. The minimum Gasteiger partial charge on any atom is -0.463 e. The van der Waals surface area contributed by atoms with Crippen molar-refractivity contribution in [1.82, 2.24) is 0 Å². The van der Waals surface area contributed by atoms with Gasteiger partial charge in [-0.3, -0.25) is 4.79 Å². The number of hydrogen-bond acceptors (Lipinski definition) is 3. The SMILES string of the molecule is CCC(=O)OC(C)CC(C)(C)OC.Cc1ccc(F)cc1. The second-order valence-corrected chi connectivity index (χ2v) is 5.62. The number of hydrogen-bond donors (Lipinski definition) is 0. The van der Waals surface area contributed by atoms with Crippen molar-refractivity contribution in [3.63, 3.8) is 0 Å². The third-order valence-electron chi connectivity index (χ3n) is 2.96. The maximum atomic E-state index is 12.1. The molecule has 1 rings (SSSR count). The van der Waals surface area contributed by atoms with Crippen LogP contribution < -0.4 is 0 Å². The molecule has 120 valence electrons. The zero-order chi connectivity index (χ0) is 16.5. The summed E-state index contributed by atoms with van der Waals surface area (Å²) in [6, 6.07) is 6.40. The predicted octanol–water partition coefficient (Wildman–Crippen LogP) is 4.28. The van der Waals surface area contributed by atoms with Crippen molar-refractivity contribution >= 4 is 5.97 Å². The largest absolute Gasteiger partial charge is 0.463 e. The highest BCUT2D eigenvalue weighted by atomic mass is 19.1. The smallest absolute Gasteiger partial charge is 0.305 e. The Kier molecular flexibility index (Phi) is 8.86. The topological polar surface area (TPSA) is 35.5 Å². The van der Waals surface area contributed by atoms with E-state index in [4.69, 9.17) is 9.47 Å². The van der Waals surface area contributed by atoms with Crippen molar-refractivity contribution < 1.29 is 18.7 Å². The van der Waals surface area contributed by atoms with Crippen LogP contribution in [-0.2, 0) is 14.3 Å². The molecule has 1 atom stereocenters. The van der Waals surface area contributed by atoms with Gasteiger partial charge in [-0.2, -0.15) is 0 Å². The lowest BCUT2D eigenvalue weighted by atomic mass is 10.0. The normalized spacial score (nSPS) is 12.1. The van der Waals surface area contributed by atoms with Gasteiger partial charge in [-0.25, -0.2) is 4.39 Å². The van der Waals surface area contributed by atoms with Gasteiger partial charge >= 0.3 is 5.97 Å². The molecular weight excluding hydrogens is 271 g/mol. The second kappa shape index (κ2) is 9.50. The highest BCUT2D eigenvalue weighted by Gasteiger charge is 2.21. The molecule has 0 saturated carbocycles. The van der Waals surface area contributed by atoms with Gasteiger partial charge in [0, 0.05) is 20.0 Å². The molecule has 3 nitrogen and oxygen atoms in total. The van der Waals surface area contributed by atoms with E-state index in [2.05, 4.69) is 0 Å². The number of halogens is 1. The van der Waals surface area contributed by atoms with Crippen LogP contribution in [0.15, 0.2) is 24.3 Å². The summed E-state index contributed by atoms with van der Waals surface area (Å²) in [7, 11) is 1.66. The zero-order valence-corrected chi connectivity index (χ0v) is 13.9. The summed E-state index contributed by atoms with van der Waals surface area (Å²) >= 11 is 0. The molecule has 0 spiro atoms. The highest BCUT2D eigenvalue weighted by Crippen LogP contribution is 2.17. The monoisotopic (exact) mass is 298 g/mol. The van der Waals surface area contributed by atoms with Gasteiger partial charge in [0.2, 0.25) is 0 Å². The number of methoxy groups -OCH3 is 1. The fourth-order valence-electron chi connectivity index (χ4n) is 1.66. The van der Waals surface area contributed by atoms with Crippen LogP contribution >= 0.6 is 0 Å². The van der Waals surface area contributed by atoms with E-state index in [0.29, 0.717) is 6.42 Å². The maximum Gasteiger partial charge on any atom is 0.305 e. The number of esters is 1. The first-order valence-electron chi connectivity index (χ1n) is 7.17. The van der Waals surface area contributed by atoms with Gasteiger partial charge in [0.05, 0.1) is 5.60 Å². The number of ether oxygens (including phenoxy) is 2. The Morgan fingerprint density at radius 3 is 2.19 bits per heavy atom. The van der Waals surface area contributed by atoms with Crippen LogP contribution in [0.2, 0.25) is 0 Å². The lowest BCUT2D eigenvalue weighted by Gasteiger charge is -2.26. The molecule has 21 heavy (non-hydrogen) atoms. The van der Waals surface area contributed by atoms with Gasteiger partial charge < -0.3 is 9.47 Å². The molecule has 0 N–H and O–H groups in total. The molecule has 1 aromatic carbocycles. The molecule has 0 aliphatic heterocycles. The van der Waals surface area contributed by atoms with Gasteiger partial charge in [0.25, 0.3) is 0 Å². The van der Waals surface area contributed by atoms with E-state index < -0.39 is 0 Å². The Balaban J connectivity index is 0.000000423. The Morgan fingerprint density at radius 1 is 1.29 bits per heavy atom. The quantitative estimate of drug-likeness (QED) is 0.761. The van der Waals surface area contributed by atoms with E-state index in [1.807, 2.05) is 27.7 Å². The number of benzene rings is 1. The number of carbonyl (C=O) groups is 1. The van der Waals surface area contributed by atoms with Gasteiger partial charge in [0.15, 0.2) is 0 Å². The van der Waals surface area contributed by atoms with Gasteiger partial charge in [-0.1, -0.05) is 24.6 Å². The molecule has 4 heteroatoms. The van der Waals surface area contributed by atoms with E-state index in [1.165, 1.54) is 12.1 Å². The van der Waals surface area contributed by atoms with E-state index in [9.17, 15) is 9.18 Å². The van der Waals surface area contributed by atoms with E-state index in [1.54, 1.807) is 26.2 Å². The lowest BCUT2D eigenvalue weighted by molar-refractivity contribution is -0.150. The van der Waals surface area contributed by atoms with Crippen molar-refractivity contribution in [2.75, 3.05) is 7.11 Å². The molecule has 0 fully saturated rings. The average molecular weight is 298 g/mol. The molecule has 0 radical (unpaired) electrons. The molecule has 0 heterocycles. The molecule has 0 saturated heterocycles. The Hall–Kier alpha value is -1.42. The molecule has 0 bridgehead atoms. The van der Waals surface area contributed by atoms with Crippen molar-refractivity contribution in [3.05, 3.63) is 35.6 Å². The Morgan fingerprint density at radius 2 is 1.81 bits per heavy atom. The molecule has 1 aromatic rings. The van der Waals surface area contributed by atoms with Crippen LogP contribution in [0.5, 0.6) is 0 Å². The zero-order valence-electron chi connectivity index (χ0n) is 13.9. The van der Waals surface area contributed by atoms with Crippen LogP contribution in [0.25, 0.3) is 0 Å². The van der Waals surface area contributed by atoms with Gasteiger partial charge in [0.1, 0.15) is 11.9 Å². The van der Waals surface area contributed by atoms with Crippen LogP contribution in [0, 0.1) is 12.7 Å². The van der Waals surface area contributed by atoms with Crippen LogP contribution in [0.1, 0.15) is 46.1 Å². The second-order valence-electron chi connectivity index (χ2n) is 5.62. The summed E-state index contributed by atoms with van der Waals surface area (Å²) < 4.78 is 22.4. The molecular formula is C17H27FO3. The Bertz CT molecular complexity index is 392. The van der Waals surface area contributed by atoms with E-state index in [-0.39, 0.29) is 23.5 Å². The number of rotatable bonds is 5. The van der Waals surface area contributed by atoms with Crippen LogP contribution in [0.4, 0.5) is 4.39 Å². The van der Waals surface area contributed by atoms with Crippen molar-refractivity contribution in [2.45, 2.75) is 59.2 Å². The summed E-state index contributed by atoms with van der Waals surface area (Å²) in [5, 5.41) is 0. The first-order chi connectivity index (χ1) is 9.70. The first kappa shape index (κ1) is 19.6. The minimum atomic E-state index is -0.229. The Labute approximate surface area is 127 Å². The summed E-state index contributed by atoms with van der Waals surface area (Å²) in [6.45, 7) is 9.55. The van der Waals surface area contributed by atoms with Crippen molar-refractivity contribution in [1.29, 1.82) is 0 Å².